The Morgan fingerprint density at radius 3 is 3.00 bits per heavy atom. The van der Waals surface area contributed by atoms with Gasteiger partial charge in [-0.1, -0.05) is 0 Å². The van der Waals surface area contributed by atoms with Gasteiger partial charge in [-0.15, -0.1) is 0 Å². The number of nitrogens with one attached hydrogen (secondary N) is 2. The van der Waals surface area contributed by atoms with E-state index in [4.69, 9.17) is 0 Å². The average molecular weight is 251 g/mol. The molecule has 1 aliphatic carbocycles. The average Bonchev–Trinajstić information content (AvgIpc) is 3.11. The van der Waals surface area contributed by atoms with Gasteiger partial charge in [0.05, 0.1) is 18.1 Å². The third-order valence-electron chi connectivity index (χ3n) is 3.04. The highest BCUT2D eigenvalue weighted by Crippen LogP contribution is 2.33. The largest absolute Gasteiger partial charge is 0.392 e. The molecule has 1 aromatic rings. The number of H-pyrrole nitrogens is 1. The highest BCUT2D eigenvalue weighted by Gasteiger charge is 2.30. The van der Waals surface area contributed by atoms with Crippen LogP contribution in [0.5, 0.6) is 0 Å². The van der Waals surface area contributed by atoms with E-state index in [1.54, 1.807) is 6.92 Å². The maximum atomic E-state index is 11.5. The quantitative estimate of drug-likeness (QED) is 0.678. The molecule has 0 aliphatic heterocycles. The van der Waals surface area contributed by atoms with Crippen LogP contribution in [0.25, 0.3) is 0 Å². The number of carbonyl (C=O) groups is 1. The first-order valence-electron chi connectivity index (χ1n) is 6.06. The Balaban J connectivity index is 1.83. The zero-order chi connectivity index (χ0) is 13.1. The lowest BCUT2D eigenvalue weighted by Crippen LogP contribution is -2.30. The van der Waals surface area contributed by atoms with E-state index in [1.165, 1.54) is 6.20 Å². The van der Waals surface area contributed by atoms with E-state index >= 15 is 0 Å². The summed E-state index contributed by atoms with van der Waals surface area (Å²) in [6, 6.07) is 0. The summed E-state index contributed by atoms with van der Waals surface area (Å²) in [4.78, 5) is 29.6. The number of aromatic nitrogens is 2. The molecule has 1 fully saturated rings. The number of nitrogens with zero attached hydrogens (tertiary/aromatic N) is 1. The van der Waals surface area contributed by atoms with Crippen LogP contribution < -0.4 is 10.9 Å². The fraction of sp³-hybridized carbons (Fsp3) is 0.583. The van der Waals surface area contributed by atoms with E-state index < -0.39 is 6.10 Å². The molecule has 1 heterocycles. The van der Waals surface area contributed by atoms with Crippen molar-refractivity contribution in [3.63, 3.8) is 0 Å². The predicted molar refractivity (Wildman–Crippen MR) is 64.8 cm³/mol. The summed E-state index contributed by atoms with van der Waals surface area (Å²) in [6.45, 7) is 1.83. The molecule has 6 nitrogen and oxygen atoms in total. The zero-order valence-electron chi connectivity index (χ0n) is 10.3. The second-order valence-electron chi connectivity index (χ2n) is 4.71. The third kappa shape index (κ3) is 3.40. The number of carbonyl (C=O) groups excluding carboxylic acids is 1. The number of aryl methyl sites for hydroxylation is 1. The molecule has 1 aliphatic rings. The predicted octanol–water partition coefficient (Wildman–Crippen LogP) is -0.144. The smallest absolute Gasteiger partial charge is 0.255 e. The van der Waals surface area contributed by atoms with Crippen molar-refractivity contribution in [3.05, 3.63) is 27.9 Å². The van der Waals surface area contributed by atoms with Crippen LogP contribution >= 0.6 is 0 Å². The topological polar surface area (TPSA) is 95.1 Å². The lowest BCUT2D eigenvalue weighted by atomic mass is 10.1. The first kappa shape index (κ1) is 12.8. The van der Waals surface area contributed by atoms with E-state index in [9.17, 15) is 14.7 Å². The van der Waals surface area contributed by atoms with E-state index in [0.29, 0.717) is 11.4 Å². The molecule has 18 heavy (non-hydrogen) atoms. The number of hydrogen-bond donors (Lipinski definition) is 3. The molecule has 0 radical (unpaired) electrons. The molecule has 2 rings (SSSR count). The number of aromatic amines is 1. The molecule has 1 saturated carbocycles. The van der Waals surface area contributed by atoms with Gasteiger partial charge in [0.2, 0.25) is 5.91 Å². The number of hydrogen-bond acceptors (Lipinski definition) is 4. The van der Waals surface area contributed by atoms with Crippen LogP contribution in [0.4, 0.5) is 0 Å². The van der Waals surface area contributed by atoms with Crippen molar-refractivity contribution in [3.8, 4) is 0 Å². The fourth-order valence-corrected chi connectivity index (χ4v) is 1.74. The van der Waals surface area contributed by atoms with Gasteiger partial charge in [0.15, 0.2) is 0 Å². The molecule has 3 N–H and O–H groups in total. The van der Waals surface area contributed by atoms with Crippen LogP contribution in [0.1, 0.15) is 30.7 Å². The molecule has 1 aromatic heterocycles. The Hall–Kier alpha value is -1.69. The van der Waals surface area contributed by atoms with Gasteiger partial charge in [-0.2, -0.15) is 0 Å². The van der Waals surface area contributed by atoms with E-state index in [-0.39, 0.29) is 30.3 Å². The Morgan fingerprint density at radius 1 is 1.67 bits per heavy atom. The zero-order valence-corrected chi connectivity index (χ0v) is 10.3. The second kappa shape index (κ2) is 5.30. The number of aliphatic hydroxyl groups excluding tert-OH is 1. The third-order valence-corrected chi connectivity index (χ3v) is 3.04. The van der Waals surface area contributed by atoms with Crippen LogP contribution in [0.2, 0.25) is 0 Å². The van der Waals surface area contributed by atoms with Crippen molar-refractivity contribution < 1.29 is 9.90 Å². The van der Waals surface area contributed by atoms with Gasteiger partial charge >= 0.3 is 0 Å². The SMILES string of the molecule is Cc1ncc(CNC(=O)CC(O)C2CC2)c(=O)[nH]1. The van der Waals surface area contributed by atoms with Crippen molar-refractivity contribution in [1.29, 1.82) is 0 Å². The molecule has 1 atom stereocenters. The molecule has 1 amide bonds. The number of amides is 1. The maximum Gasteiger partial charge on any atom is 0.255 e. The first-order chi connectivity index (χ1) is 8.56. The Labute approximate surface area is 104 Å². The van der Waals surface area contributed by atoms with Crippen molar-refractivity contribution in [2.75, 3.05) is 0 Å². The highest BCUT2D eigenvalue weighted by molar-refractivity contribution is 5.76. The van der Waals surface area contributed by atoms with Gasteiger partial charge in [0, 0.05) is 12.7 Å². The minimum absolute atomic E-state index is 0.0991. The van der Waals surface area contributed by atoms with E-state index in [2.05, 4.69) is 15.3 Å². The van der Waals surface area contributed by atoms with Crippen molar-refractivity contribution >= 4 is 5.91 Å². The Morgan fingerprint density at radius 2 is 2.39 bits per heavy atom. The summed E-state index contributed by atoms with van der Waals surface area (Å²) in [7, 11) is 0. The monoisotopic (exact) mass is 251 g/mol. The van der Waals surface area contributed by atoms with Crippen LogP contribution in [-0.4, -0.2) is 27.1 Å². The summed E-state index contributed by atoms with van der Waals surface area (Å²) in [5, 5.41) is 12.2. The summed E-state index contributed by atoms with van der Waals surface area (Å²) in [6.07, 6.45) is 2.99. The normalized spacial score (nSPS) is 16.3. The van der Waals surface area contributed by atoms with Gasteiger partial charge in [-0.05, 0) is 25.7 Å². The highest BCUT2D eigenvalue weighted by atomic mass is 16.3. The Bertz CT molecular complexity index is 494. The van der Waals surface area contributed by atoms with Crippen LogP contribution in [0.15, 0.2) is 11.0 Å². The van der Waals surface area contributed by atoms with Crippen molar-refractivity contribution in [2.24, 2.45) is 5.92 Å². The summed E-state index contributed by atoms with van der Waals surface area (Å²) in [5.41, 5.74) is 0.167. The van der Waals surface area contributed by atoms with E-state index in [0.717, 1.165) is 12.8 Å². The Kier molecular flexibility index (Phi) is 3.76. The van der Waals surface area contributed by atoms with Gasteiger partial charge in [-0.25, -0.2) is 4.98 Å². The van der Waals surface area contributed by atoms with Crippen LogP contribution in [0.3, 0.4) is 0 Å². The van der Waals surface area contributed by atoms with Crippen LogP contribution in [-0.2, 0) is 11.3 Å². The van der Waals surface area contributed by atoms with Gasteiger partial charge in [0.25, 0.3) is 5.56 Å². The summed E-state index contributed by atoms with van der Waals surface area (Å²) >= 11 is 0. The molecule has 0 bridgehead atoms. The first-order valence-corrected chi connectivity index (χ1v) is 6.06. The summed E-state index contributed by atoms with van der Waals surface area (Å²) < 4.78 is 0. The lowest BCUT2D eigenvalue weighted by molar-refractivity contribution is -0.123. The maximum absolute atomic E-state index is 11.5. The fourth-order valence-electron chi connectivity index (χ4n) is 1.74. The molecule has 1 unspecified atom stereocenters. The molecular formula is C12H17N3O3. The minimum atomic E-state index is -0.556. The molecular weight excluding hydrogens is 234 g/mol. The molecule has 0 aromatic carbocycles. The summed E-state index contributed by atoms with van der Waals surface area (Å²) in [5.74, 6) is 0.578. The molecule has 0 spiro atoms. The van der Waals surface area contributed by atoms with E-state index in [1.807, 2.05) is 0 Å². The second-order valence-corrected chi connectivity index (χ2v) is 4.71. The minimum Gasteiger partial charge on any atom is -0.392 e. The van der Waals surface area contributed by atoms with Gasteiger partial charge < -0.3 is 15.4 Å². The van der Waals surface area contributed by atoms with Crippen LogP contribution in [0, 0.1) is 12.8 Å². The van der Waals surface area contributed by atoms with Gasteiger partial charge in [-0.3, -0.25) is 9.59 Å². The lowest BCUT2D eigenvalue weighted by Gasteiger charge is -2.09. The molecule has 6 heteroatoms. The molecule has 0 saturated heterocycles. The number of rotatable bonds is 5. The van der Waals surface area contributed by atoms with Crippen molar-refractivity contribution in [2.45, 2.75) is 38.8 Å². The van der Waals surface area contributed by atoms with Gasteiger partial charge in [0.1, 0.15) is 5.82 Å². The molecule has 98 valence electrons. The number of aliphatic hydroxyl groups is 1. The standard InChI is InChI=1S/C12H17N3O3/c1-7-13-5-9(12(18)15-7)6-14-11(17)4-10(16)8-2-3-8/h5,8,10,16H,2-4,6H2,1H3,(H,14,17)(H,13,15,18). The van der Waals surface area contributed by atoms with Crippen molar-refractivity contribution in [1.82, 2.24) is 15.3 Å².